The van der Waals surface area contributed by atoms with Gasteiger partial charge in [-0.3, -0.25) is 0 Å². The maximum atomic E-state index is 7.57. The summed E-state index contributed by atoms with van der Waals surface area (Å²) in [5, 5.41) is 7.57. The molecule has 24 heavy (non-hydrogen) atoms. The Morgan fingerprint density at radius 1 is 0.750 bits per heavy atom. The third kappa shape index (κ3) is 11.7. The molecule has 0 fully saturated rings. The molecule has 2 aromatic carbocycles. The zero-order valence-electron chi connectivity index (χ0n) is 16.8. The maximum Gasteiger partial charge on any atom is 0.120 e. The summed E-state index contributed by atoms with van der Waals surface area (Å²) in [4.78, 5) is 0. The molecule has 2 nitrogen and oxygen atoms in total. The first-order valence-corrected chi connectivity index (χ1v) is 8.91. The second kappa shape index (κ2) is 14.8. The summed E-state index contributed by atoms with van der Waals surface area (Å²) in [6.07, 6.45) is 0. The van der Waals surface area contributed by atoms with Crippen molar-refractivity contribution in [1.82, 2.24) is 0 Å². The fourth-order valence-electron chi connectivity index (χ4n) is 1.70. The minimum Gasteiger partial charge on any atom is -0.488 e. The minimum absolute atomic E-state index is 0.145. The van der Waals surface area contributed by atoms with Crippen molar-refractivity contribution in [3.8, 4) is 16.9 Å². The smallest absolute Gasteiger partial charge is 0.120 e. The topological polar surface area (TPSA) is 29.5 Å². The number of rotatable bonds is 2. The normalized spacial score (nSPS) is 9.21. The number of ether oxygens (including phenoxy) is 1. The molecule has 2 rings (SSSR count). The van der Waals surface area contributed by atoms with Gasteiger partial charge >= 0.3 is 0 Å². The molecule has 0 saturated carbocycles. The molecule has 0 heterocycles. The minimum atomic E-state index is -0.145. The SMILES string of the molecule is CC.CC.CC(C)(C)Oc1ccc(-c2ccccc2)cc1.CCO. The second-order valence-corrected chi connectivity index (χ2v) is 5.42. The van der Waals surface area contributed by atoms with E-state index in [2.05, 4.69) is 57.2 Å². The fraction of sp³-hybridized carbons (Fsp3) is 0.455. The van der Waals surface area contributed by atoms with Crippen LogP contribution in [0.3, 0.4) is 0 Å². The fourth-order valence-corrected chi connectivity index (χ4v) is 1.70. The van der Waals surface area contributed by atoms with Crippen LogP contribution in [0.2, 0.25) is 0 Å². The molecule has 0 spiro atoms. The van der Waals surface area contributed by atoms with Gasteiger partial charge in [-0.25, -0.2) is 0 Å². The molecular weight excluding hydrogens is 296 g/mol. The molecule has 0 saturated heterocycles. The summed E-state index contributed by atoms with van der Waals surface area (Å²) in [6.45, 7) is 16.1. The van der Waals surface area contributed by atoms with Gasteiger partial charge in [-0.15, -0.1) is 0 Å². The summed E-state index contributed by atoms with van der Waals surface area (Å²) < 4.78 is 5.79. The molecule has 0 radical (unpaired) electrons. The van der Waals surface area contributed by atoms with Crippen LogP contribution in [0.1, 0.15) is 55.4 Å². The molecule has 0 aromatic heterocycles. The summed E-state index contributed by atoms with van der Waals surface area (Å²) >= 11 is 0. The lowest BCUT2D eigenvalue weighted by Gasteiger charge is -2.21. The summed E-state index contributed by atoms with van der Waals surface area (Å²) in [7, 11) is 0. The van der Waals surface area contributed by atoms with Crippen LogP contribution in [-0.2, 0) is 0 Å². The molecule has 0 aliphatic heterocycles. The van der Waals surface area contributed by atoms with Gasteiger partial charge in [0.1, 0.15) is 11.4 Å². The Hall–Kier alpha value is -1.80. The average molecular weight is 333 g/mol. The number of aliphatic hydroxyl groups excluding tert-OH is 1. The van der Waals surface area contributed by atoms with Crippen LogP contribution in [0, 0.1) is 0 Å². The Morgan fingerprint density at radius 3 is 1.50 bits per heavy atom. The van der Waals surface area contributed by atoms with Crippen LogP contribution in [0.4, 0.5) is 0 Å². The first kappa shape index (κ1) is 24.5. The molecule has 2 heteroatoms. The first-order valence-electron chi connectivity index (χ1n) is 8.91. The number of aliphatic hydroxyl groups is 1. The van der Waals surface area contributed by atoms with E-state index < -0.39 is 0 Å². The molecule has 0 aliphatic rings. The Kier molecular flexibility index (Phi) is 15.0. The van der Waals surface area contributed by atoms with Crippen LogP contribution in [-0.4, -0.2) is 17.3 Å². The van der Waals surface area contributed by atoms with Gasteiger partial charge in [-0.05, 0) is 51.0 Å². The van der Waals surface area contributed by atoms with E-state index in [9.17, 15) is 0 Å². The largest absolute Gasteiger partial charge is 0.488 e. The van der Waals surface area contributed by atoms with Crippen LogP contribution >= 0.6 is 0 Å². The zero-order valence-corrected chi connectivity index (χ0v) is 16.8. The Morgan fingerprint density at radius 2 is 1.12 bits per heavy atom. The molecule has 0 atom stereocenters. The lowest BCUT2D eigenvalue weighted by Crippen LogP contribution is -2.22. The van der Waals surface area contributed by atoms with Crippen molar-refractivity contribution in [1.29, 1.82) is 0 Å². The second-order valence-electron chi connectivity index (χ2n) is 5.42. The van der Waals surface area contributed by atoms with E-state index in [4.69, 9.17) is 9.84 Å². The highest BCUT2D eigenvalue weighted by Crippen LogP contribution is 2.24. The van der Waals surface area contributed by atoms with E-state index >= 15 is 0 Å². The molecule has 0 amide bonds. The monoisotopic (exact) mass is 332 g/mol. The third-order valence-corrected chi connectivity index (χ3v) is 2.39. The van der Waals surface area contributed by atoms with E-state index in [-0.39, 0.29) is 12.2 Å². The molecule has 1 N–H and O–H groups in total. The lowest BCUT2D eigenvalue weighted by atomic mass is 10.1. The number of benzene rings is 2. The highest BCUT2D eigenvalue weighted by molar-refractivity contribution is 5.63. The Labute approximate surface area is 149 Å². The van der Waals surface area contributed by atoms with E-state index in [1.807, 2.05) is 45.9 Å². The first-order chi connectivity index (χ1) is 11.5. The van der Waals surface area contributed by atoms with Crippen LogP contribution in [0.25, 0.3) is 11.1 Å². The zero-order chi connectivity index (χ0) is 19.0. The molecule has 0 unspecified atom stereocenters. The highest BCUT2D eigenvalue weighted by atomic mass is 16.5. The highest BCUT2D eigenvalue weighted by Gasteiger charge is 2.11. The molecule has 136 valence electrons. The van der Waals surface area contributed by atoms with Gasteiger partial charge in [-0.2, -0.15) is 0 Å². The number of hydrogen-bond acceptors (Lipinski definition) is 2. The van der Waals surface area contributed by atoms with Gasteiger partial charge < -0.3 is 9.84 Å². The Bertz CT molecular complexity index is 482. The molecule has 0 bridgehead atoms. The van der Waals surface area contributed by atoms with E-state index in [0.717, 1.165) is 5.75 Å². The van der Waals surface area contributed by atoms with Gasteiger partial charge in [0.05, 0.1) is 0 Å². The van der Waals surface area contributed by atoms with Crippen LogP contribution in [0.15, 0.2) is 54.6 Å². The molecule has 0 aliphatic carbocycles. The van der Waals surface area contributed by atoms with Gasteiger partial charge in [0.2, 0.25) is 0 Å². The van der Waals surface area contributed by atoms with Crippen molar-refractivity contribution in [3.05, 3.63) is 54.6 Å². The summed E-state index contributed by atoms with van der Waals surface area (Å²) in [5.74, 6) is 0.914. The third-order valence-electron chi connectivity index (χ3n) is 2.39. The quantitative estimate of drug-likeness (QED) is 0.673. The lowest BCUT2D eigenvalue weighted by molar-refractivity contribution is 0.131. The maximum absolute atomic E-state index is 7.57. The van der Waals surface area contributed by atoms with E-state index in [1.54, 1.807) is 6.92 Å². The van der Waals surface area contributed by atoms with Gasteiger partial charge in [0.25, 0.3) is 0 Å². The average Bonchev–Trinajstić information content (AvgIpc) is 2.59. The van der Waals surface area contributed by atoms with Gasteiger partial charge in [0.15, 0.2) is 0 Å². The van der Waals surface area contributed by atoms with Gasteiger partial charge in [0, 0.05) is 6.61 Å². The van der Waals surface area contributed by atoms with Crippen molar-refractivity contribution in [3.63, 3.8) is 0 Å². The Balaban J connectivity index is 0. The van der Waals surface area contributed by atoms with Crippen molar-refractivity contribution in [2.24, 2.45) is 0 Å². The predicted octanol–water partition coefficient (Wildman–Crippen LogP) is 6.58. The van der Waals surface area contributed by atoms with Crippen molar-refractivity contribution in [2.45, 2.75) is 61.0 Å². The van der Waals surface area contributed by atoms with Crippen molar-refractivity contribution < 1.29 is 9.84 Å². The predicted molar refractivity (Wildman–Crippen MR) is 108 cm³/mol. The van der Waals surface area contributed by atoms with E-state index in [1.165, 1.54) is 11.1 Å². The molecule has 2 aromatic rings. The standard InChI is InChI=1S/C16H18O.C2H6O.2C2H6/c1-16(2,3)17-15-11-9-14(10-12-15)13-7-5-4-6-8-13;1-2-3;2*1-2/h4-12H,1-3H3;3H,2H2,1H3;2*1-2H3. The van der Waals surface area contributed by atoms with E-state index in [0.29, 0.717) is 0 Å². The van der Waals surface area contributed by atoms with Crippen LogP contribution in [0.5, 0.6) is 5.75 Å². The van der Waals surface area contributed by atoms with Crippen molar-refractivity contribution >= 4 is 0 Å². The summed E-state index contributed by atoms with van der Waals surface area (Å²) in [5.41, 5.74) is 2.30. The van der Waals surface area contributed by atoms with Gasteiger partial charge in [-0.1, -0.05) is 70.2 Å². The van der Waals surface area contributed by atoms with Crippen LogP contribution < -0.4 is 4.74 Å². The number of hydrogen-bond donors (Lipinski definition) is 1. The van der Waals surface area contributed by atoms with Crippen molar-refractivity contribution in [2.75, 3.05) is 6.61 Å². The molecular formula is C22H36O2. The summed E-state index contributed by atoms with van der Waals surface area (Å²) in [6, 6.07) is 18.6.